The molecule has 0 bridgehead atoms. The third kappa shape index (κ3) is 4.77. The largest absolute Gasteiger partial charge is 0.496 e. The molecule has 144 valence electrons. The first-order valence-electron chi connectivity index (χ1n) is 9.17. The summed E-state index contributed by atoms with van der Waals surface area (Å²) in [6.45, 7) is 1.77. The van der Waals surface area contributed by atoms with Gasteiger partial charge in [-0.2, -0.15) is 4.98 Å². The average Bonchev–Trinajstić information content (AvgIpc) is 2.96. The number of amides is 1. The lowest BCUT2D eigenvalue weighted by molar-refractivity contribution is -0.118. The van der Waals surface area contributed by atoms with Crippen molar-refractivity contribution < 1.29 is 14.1 Å². The maximum atomic E-state index is 12.7. The molecule has 1 aromatic carbocycles. The first-order valence-corrected chi connectivity index (χ1v) is 9.96. The number of methoxy groups -OCH3 is 1. The first kappa shape index (κ1) is 19.6. The summed E-state index contributed by atoms with van der Waals surface area (Å²) in [4.78, 5) is 17.1. The highest BCUT2D eigenvalue weighted by Crippen LogP contribution is 2.34. The Hall–Kier alpha value is -2.15. The molecule has 0 spiro atoms. The molecule has 1 aliphatic carbocycles. The van der Waals surface area contributed by atoms with E-state index < -0.39 is 5.54 Å². The number of hydrogen-bond acceptors (Lipinski definition) is 5. The van der Waals surface area contributed by atoms with E-state index in [1.54, 1.807) is 20.1 Å². The minimum Gasteiger partial charge on any atom is -0.496 e. The van der Waals surface area contributed by atoms with E-state index in [-0.39, 0.29) is 5.91 Å². The lowest BCUT2D eigenvalue weighted by Crippen LogP contribution is -2.45. The number of nitrogens with zero attached hydrogens (tertiary/aromatic N) is 2. The SMILES string of the molecule is COc1ccc(Br)cc1C=CC(=O)NC1(c2noc(C)n2)CCCCCC1. The Kier molecular flexibility index (Phi) is 6.31. The Balaban J connectivity index is 1.82. The molecule has 0 aliphatic heterocycles. The van der Waals surface area contributed by atoms with Gasteiger partial charge in [-0.25, -0.2) is 0 Å². The van der Waals surface area contributed by atoms with Crippen molar-refractivity contribution in [1.82, 2.24) is 15.5 Å². The molecule has 1 heterocycles. The highest BCUT2D eigenvalue weighted by Gasteiger charge is 2.38. The van der Waals surface area contributed by atoms with E-state index in [9.17, 15) is 4.79 Å². The van der Waals surface area contributed by atoms with Crippen molar-refractivity contribution in [2.24, 2.45) is 0 Å². The van der Waals surface area contributed by atoms with Crippen LogP contribution in [0.25, 0.3) is 6.08 Å². The number of nitrogens with one attached hydrogen (secondary N) is 1. The molecular weight excluding hydrogens is 410 g/mol. The fraction of sp³-hybridized carbons (Fsp3) is 0.450. The molecule has 1 saturated carbocycles. The van der Waals surface area contributed by atoms with Gasteiger partial charge in [0.15, 0.2) is 5.82 Å². The lowest BCUT2D eigenvalue weighted by atomic mass is 9.89. The normalized spacial score (nSPS) is 16.9. The van der Waals surface area contributed by atoms with Gasteiger partial charge in [-0.3, -0.25) is 4.79 Å². The van der Waals surface area contributed by atoms with Gasteiger partial charge in [-0.15, -0.1) is 0 Å². The summed E-state index contributed by atoms with van der Waals surface area (Å²) in [6.07, 6.45) is 9.26. The summed E-state index contributed by atoms with van der Waals surface area (Å²) in [5.41, 5.74) is 0.254. The van der Waals surface area contributed by atoms with E-state index in [0.717, 1.165) is 48.6 Å². The summed E-state index contributed by atoms with van der Waals surface area (Å²) in [5, 5.41) is 7.27. The van der Waals surface area contributed by atoms with E-state index in [1.807, 2.05) is 18.2 Å². The molecule has 0 unspecified atom stereocenters. The van der Waals surface area contributed by atoms with Crippen LogP contribution in [0.5, 0.6) is 5.75 Å². The number of aryl methyl sites for hydroxylation is 1. The fourth-order valence-corrected chi connectivity index (χ4v) is 3.89. The van der Waals surface area contributed by atoms with Crippen molar-refractivity contribution in [3.05, 3.63) is 46.0 Å². The predicted molar refractivity (Wildman–Crippen MR) is 106 cm³/mol. The summed E-state index contributed by atoms with van der Waals surface area (Å²) in [6, 6.07) is 5.67. The zero-order chi connectivity index (χ0) is 19.3. The molecule has 1 N–H and O–H groups in total. The average molecular weight is 434 g/mol. The number of benzene rings is 1. The van der Waals surface area contributed by atoms with Gasteiger partial charge in [0.25, 0.3) is 0 Å². The van der Waals surface area contributed by atoms with Crippen LogP contribution in [0.2, 0.25) is 0 Å². The molecule has 6 nitrogen and oxygen atoms in total. The summed E-state index contributed by atoms with van der Waals surface area (Å²) >= 11 is 3.45. The second-order valence-corrected chi connectivity index (χ2v) is 7.76. The summed E-state index contributed by atoms with van der Waals surface area (Å²) in [7, 11) is 1.61. The van der Waals surface area contributed by atoms with Crippen LogP contribution in [0.1, 0.15) is 55.8 Å². The van der Waals surface area contributed by atoms with Crippen LogP contribution in [0, 0.1) is 6.92 Å². The van der Waals surface area contributed by atoms with Crippen molar-refractivity contribution in [3.8, 4) is 5.75 Å². The van der Waals surface area contributed by atoms with E-state index in [2.05, 4.69) is 31.4 Å². The quantitative estimate of drug-likeness (QED) is 0.553. The minimum absolute atomic E-state index is 0.179. The number of rotatable bonds is 5. The van der Waals surface area contributed by atoms with Gasteiger partial charge in [0.05, 0.1) is 7.11 Å². The monoisotopic (exact) mass is 433 g/mol. The van der Waals surface area contributed by atoms with E-state index >= 15 is 0 Å². The summed E-state index contributed by atoms with van der Waals surface area (Å²) < 4.78 is 11.5. The Morgan fingerprint density at radius 2 is 2.04 bits per heavy atom. The summed E-state index contributed by atoms with van der Waals surface area (Å²) in [5.74, 6) is 1.61. The Morgan fingerprint density at radius 1 is 1.30 bits per heavy atom. The fourth-order valence-electron chi connectivity index (χ4n) is 3.51. The lowest BCUT2D eigenvalue weighted by Gasteiger charge is -2.30. The van der Waals surface area contributed by atoms with Crippen LogP contribution >= 0.6 is 15.9 Å². The topological polar surface area (TPSA) is 77.2 Å². The molecular formula is C20H24BrN3O3. The van der Waals surface area contributed by atoms with Gasteiger partial charge in [-0.1, -0.05) is 46.8 Å². The molecule has 1 aliphatic rings. The third-order valence-electron chi connectivity index (χ3n) is 4.88. The molecule has 1 amide bonds. The smallest absolute Gasteiger partial charge is 0.244 e. The van der Waals surface area contributed by atoms with Crippen LogP contribution in [0.3, 0.4) is 0 Å². The number of carbonyl (C=O) groups is 1. The number of hydrogen-bond donors (Lipinski definition) is 1. The highest BCUT2D eigenvalue weighted by molar-refractivity contribution is 9.10. The zero-order valence-electron chi connectivity index (χ0n) is 15.6. The zero-order valence-corrected chi connectivity index (χ0v) is 17.2. The van der Waals surface area contributed by atoms with Crippen LogP contribution in [-0.2, 0) is 10.3 Å². The van der Waals surface area contributed by atoms with Crippen LogP contribution in [0.15, 0.2) is 33.3 Å². The highest BCUT2D eigenvalue weighted by atomic mass is 79.9. The van der Waals surface area contributed by atoms with Crippen LogP contribution in [0.4, 0.5) is 0 Å². The van der Waals surface area contributed by atoms with Gasteiger partial charge in [-0.05, 0) is 37.1 Å². The predicted octanol–water partition coefficient (Wildman–Crippen LogP) is 4.53. The van der Waals surface area contributed by atoms with Crippen molar-refractivity contribution in [1.29, 1.82) is 0 Å². The second-order valence-electron chi connectivity index (χ2n) is 6.84. The Labute approximate surface area is 167 Å². The maximum absolute atomic E-state index is 12.7. The molecule has 0 atom stereocenters. The van der Waals surface area contributed by atoms with Crippen molar-refractivity contribution >= 4 is 27.9 Å². The van der Waals surface area contributed by atoms with E-state index in [1.165, 1.54) is 6.08 Å². The van der Waals surface area contributed by atoms with E-state index in [0.29, 0.717) is 17.5 Å². The second kappa shape index (κ2) is 8.69. The van der Waals surface area contributed by atoms with Gasteiger partial charge in [0.1, 0.15) is 11.3 Å². The van der Waals surface area contributed by atoms with E-state index in [4.69, 9.17) is 9.26 Å². The van der Waals surface area contributed by atoms with Crippen molar-refractivity contribution in [2.75, 3.05) is 7.11 Å². The molecule has 27 heavy (non-hydrogen) atoms. The molecule has 1 aromatic heterocycles. The van der Waals surface area contributed by atoms with Crippen molar-refractivity contribution in [3.63, 3.8) is 0 Å². The molecule has 2 aromatic rings. The molecule has 3 rings (SSSR count). The maximum Gasteiger partial charge on any atom is 0.244 e. The van der Waals surface area contributed by atoms with Crippen LogP contribution < -0.4 is 10.1 Å². The molecule has 7 heteroatoms. The van der Waals surface area contributed by atoms with Gasteiger partial charge in [0.2, 0.25) is 11.8 Å². The third-order valence-corrected chi connectivity index (χ3v) is 5.37. The molecule has 1 fully saturated rings. The standard InChI is InChI=1S/C20H24BrN3O3/c1-14-22-19(24-27-14)20(11-5-3-4-6-12-20)23-18(25)10-7-15-13-16(21)8-9-17(15)26-2/h7-10,13H,3-6,11-12H2,1-2H3,(H,23,25). The molecule has 0 saturated heterocycles. The van der Waals surface area contributed by atoms with Gasteiger partial charge < -0.3 is 14.6 Å². The number of aromatic nitrogens is 2. The van der Waals surface area contributed by atoms with Crippen molar-refractivity contribution in [2.45, 2.75) is 51.0 Å². The minimum atomic E-state index is -0.572. The first-order chi connectivity index (χ1) is 13.0. The van der Waals surface area contributed by atoms with Gasteiger partial charge >= 0.3 is 0 Å². The number of ether oxygens (including phenoxy) is 1. The number of carbonyl (C=O) groups excluding carboxylic acids is 1. The Morgan fingerprint density at radius 3 is 2.67 bits per heavy atom. The van der Waals surface area contributed by atoms with Gasteiger partial charge in [0, 0.05) is 23.0 Å². The Bertz CT molecular complexity index is 824. The molecule has 0 radical (unpaired) electrons. The number of halogens is 1. The van der Waals surface area contributed by atoms with Crippen LogP contribution in [-0.4, -0.2) is 23.2 Å².